The van der Waals surface area contributed by atoms with E-state index in [1.165, 1.54) is 26.7 Å². The Bertz CT molecular complexity index is 1520. The van der Waals surface area contributed by atoms with Gasteiger partial charge in [-0.05, 0) is 34.1 Å². The second-order valence-electron chi connectivity index (χ2n) is 9.85. The molecule has 0 bridgehead atoms. The second-order valence-corrected chi connectivity index (χ2v) is 10.9. The summed E-state index contributed by atoms with van der Waals surface area (Å²) in [5, 5.41) is 4.54. The van der Waals surface area contributed by atoms with Crippen LogP contribution in [-0.4, -0.2) is 66.9 Å². The van der Waals surface area contributed by atoms with Crippen molar-refractivity contribution < 1.29 is 18.7 Å². The summed E-state index contributed by atoms with van der Waals surface area (Å²) in [5.41, 5.74) is 1.26. The van der Waals surface area contributed by atoms with E-state index in [9.17, 15) is 9.59 Å². The summed E-state index contributed by atoms with van der Waals surface area (Å²) in [4.78, 5) is 36.9. The van der Waals surface area contributed by atoms with Gasteiger partial charge in [-0.2, -0.15) is 5.10 Å². The van der Waals surface area contributed by atoms with E-state index in [4.69, 9.17) is 9.47 Å². The highest BCUT2D eigenvalue weighted by Crippen LogP contribution is 2.35. The molecule has 0 radical (unpaired) electrons. The molecule has 0 unspecified atom stereocenters. The number of piperidine rings is 1. The number of carbonyl (C=O) groups excluding carboxylic acids is 1. The second kappa shape index (κ2) is 8.84. The quantitative estimate of drug-likeness (QED) is 0.409. The number of alkyl halides is 1. The number of aromatic nitrogens is 5. The maximum absolute atomic E-state index is 15.2. The van der Waals surface area contributed by atoms with Crippen LogP contribution < -0.4 is 10.3 Å². The third-order valence-corrected chi connectivity index (χ3v) is 7.05. The predicted molar refractivity (Wildman–Crippen MR) is 133 cm³/mol. The number of rotatable bonds is 3. The summed E-state index contributed by atoms with van der Waals surface area (Å²) in [6, 6.07) is 3.09. The summed E-state index contributed by atoms with van der Waals surface area (Å²) >= 11 is 1.27. The van der Waals surface area contributed by atoms with Gasteiger partial charge in [0.1, 0.15) is 17.5 Å². The molecule has 0 saturated carbocycles. The van der Waals surface area contributed by atoms with Crippen molar-refractivity contribution in [2.24, 2.45) is 0 Å². The number of hydrogen-bond acceptors (Lipinski definition) is 8. The lowest BCUT2D eigenvalue weighted by Crippen LogP contribution is -2.46. The van der Waals surface area contributed by atoms with Gasteiger partial charge in [0, 0.05) is 35.7 Å². The Kier molecular flexibility index (Phi) is 5.93. The molecule has 2 atom stereocenters. The van der Waals surface area contributed by atoms with Gasteiger partial charge in [0.15, 0.2) is 16.4 Å². The van der Waals surface area contributed by atoms with Gasteiger partial charge in [-0.15, -0.1) is 11.3 Å². The number of halogens is 1. The van der Waals surface area contributed by atoms with Gasteiger partial charge in [-0.1, -0.05) is 0 Å². The smallest absolute Gasteiger partial charge is 0.410 e. The summed E-state index contributed by atoms with van der Waals surface area (Å²) < 4.78 is 29.1. The molecule has 1 saturated heterocycles. The molecule has 1 aliphatic rings. The number of likely N-dealkylation sites (tertiary alicyclic amines) is 1. The van der Waals surface area contributed by atoms with E-state index in [2.05, 4.69) is 15.1 Å². The van der Waals surface area contributed by atoms with Crippen molar-refractivity contribution >= 4 is 28.0 Å². The van der Waals surface area contributed by atoms with Crippen LogP contribution in [0.25, 0.3) is 22.0 Å². The highest BCUT2D eigenvalue weighted by atomic mass is 32.1. The average Bonchev–Trinajstić information content (AvgIpc) is 3.40. The predicted octanol–water partition coefficient (Wildman–Crippen LogP) is 3.85. The molecular formula is C24H27FN6O4S. The van der Waals surface area contributed by atoms with Crippen molar-refractivity contribution in [3.63, 3.8) is 0 Å². The van der Waals surface area contributed by atoms with Crippen molar-refractivity contribution in [1.29, 1.82) is 0 Å². The van der Waals surface area contributed by atoms with Crippen molar-refractivity contribution in [1.82, 2.24) is 28.9 Å². The number of carbonyl (C=O) groups is 1. The molecule has 10 nitrogen and oxygen atoms in total. The van der Waals surface area contributed by atoms with E-state index < -0.39 is 23.8 Å². The van der Waals surface area contributed by atoms with E-state index >= 15 is 4.39 Å². The van der Waals surface area contributed by atoms with Gasteiger partial charge in [0.05, 0.1) is 31.2 Å². The molecule has 1 amide bonds. The summed E-state index contributed by atoms with van der Waals surface area (Å²) in [7, 11) is 1.54. The standard InChI is InChI=1S/C24H27FN6O4S/c1-13-10-31-21(26-13)18(34-5)8-17(28-31)16-9-20(32)30-12-19(36-22(30)27-16)14-6-7-29(11-15(14)25)23(33)35-24(2,3)4/h8-10,12,14-15H,6-7,11H2,1-5H3/t14-,15+/m1/s1. The molecule has 190 valence electrons. The Morgan fingerprint density at radius 1 is 1.19 bits per heavy atom. The maximum Gasteiger partial charge on any atom is 0.410 e. The van der Waals surface area contributed by atoms with Crippen molar-refractivity contribution in [2.45, 2.75) is 51.8 Å². The van der Waals surface area contributed by atoms with Gasteiger partial charge >= 0.3 is 6.09 Å². The Hall–Kier alpha value is -3.54. The van der Waals surface area contributed by atoms with Gasteiger partial charge in [0.25, 0.3) is 5.56 Å². The van der Waals surface area contributed by atoms with Gasteiger partial charge in [-0.25, -0.2) is 23.7 Å². The van der Waals surface area contributed by atoms with Crippen LogP contribution in [0.1, 0.15) is 43.7 Å². The maximum atomic E-state index is 15.2. The number of imidazole rings is 1. The van der Waals surface area contributed by atoms with Crippen LogP contribution in [0.15, 0.2) is 29.3 Å². The SMILES string of the molecule is COc1cc(-c2cc(=O)n3cc([C@@H]4CCN(C(=O)OC(C)(C)C)C[C@@H]4F)sc3n2)nn2cc(C)nc12. The number of ether oxygens (including phenoxy) is 2. The number of amides is 1. The lowest BCUT2D eigenvalue weighted by atomic mass is 9.94. The first-order valence-electron chi connectivity index (χ1n) is 11.6. The van der Waals surface area contributed by atoms with Gasteiger partial charge in [-0.3, -0.25) is 9.20 Å². The number of nitrogens with zero attached hydrogens (tertiary/aromatic N) is 6. The van der Waals surface area contributed by atoms with E-state index in [-0.39, 0.29) is 12.1 Å². The molecule has 4 aromatic rings. The largest absolute Gasteiger partial charge is 0.493 e. The number of hydrogen-bond donors (Lipinski definition) is 0. The fourth-order valence-electron chi connectivity index (χ4n) is 4.28. The molecule has 12 heteroatoms. The van der Waals surface area contributed by atoms with Crippen LogP contribution >= 0.6 is 11.3 Å². The molecule has 36 heavy (non-hydrogen) atoms. The molecule has 0 spiro atoms. The van der Waals surface area contributed by atoms with Gasteiger partial charge < -0.3 is 14.4 Å². The van der Waals surface area contributed by atoms with Crippen LogP contribution in [0.2, 0.25) is 0 Å². The zero-order valence-corrected chi connectivity index (χ0v) is 21.5. The van der Waals surface area contributed by atoms with E-state index in [1.807, 2.05) is 6.92 Å². The van der Waals surface area contributed by atoms with Crippen molar-refractivity contribution in [2.75, 3.05) is 20.2 Å². The lowest BCUT2D eigenvalue weighted by molar-refractivity contribution is 0.0113. The van der Waals surface area contributed by atoms with Crippen LogP contribution in [0.3, 0.4) is 0 Å². The topological polar surface area (TPSA) is 103 Å². The highest BCUT2D eigenvalue weighted by Gasteiger charge is 2.35. The molecule has 5 rings (SSSR count). The molecule has 0 N–H and O–H groups in total. The first kappa shape index (κ1) is 24.2. The van der Waals surface area contributed by atoms with Crippen LogP contribution in [0.4, 0.5) is 9.18 Å². The first-order valence-corrected chi connectivity index (χ1v) is 12.4. The Labute approximate surface area is 210 Å². The number of aryl methyl sites for hydroxylation is 1. The summed E-state index contributed by atoms with van der Waals surface area (Å²) in [5.74, 6) is 0.0701. The van der Waals surface area contributed by atoms with Crippen LogP contribution in [0.5, 0.6) is 5.75 Å². The lowest BCUT2D eigenvalue weighted by Gasteiger charge is -2.35. The monoisotopic (exact) mass is 514 g/mol. The zero-order chi connectivity index (χ0) is 25.8. The zero-order valence-electron chi connectivity index (χ0n) is 20.7. The molecule has 1 fully saturated rings. The normalized spacial score (nSPS) is 18.7. The average molecular weight is 515 g/mol. The highest BCUT2D eigenvalue weighted by molar-refractivity contribution is 7.17. The Morgan fingerprint density at radius 3 is 2.67 bits per heavy atom. The minimum absolute atomic E-state index is 0.0601. The van der Waals surface area contributed by atoms with E-state index in [1.54, 1.807) is 50.9 Å². The molecule has 0 aromatic carbocycles. The minimum atomic E-state index is -1.28. The van der Waals surface area contributed by atoms with Gasteiger partial charge in [0.2, 0.25) is 0 Å². The summed E-state index contributed by atoms with van der Waals surface area (Å²) in [6.45, 7) is 7.50. The summed E-state index contributed by atoms with van der Waals surface area (Å²) in [6.07, 6.45) is 2.03. The molecule has 5 heterocycles. The number of fused-ring (bicyclic) bond motifs is 2. The van der Waals surface area contributed by atoms with E-state index in [0.29, 0.717) is 45.6 Å². The van der Waals surface area contributed by atoms with Crippen molar-refractivity contribution in [3.05, 3.63) is 45.5 Å². The number of methoxy groups -OCH3 is 1. The van der Waals surface area contributed by atoms with Crippen LogP contribution in [-0.2, 0) is 4.74 Å². The van der Waals surface area contributed by atoms with Crippen molar-refractivity contribution in [3.8, 4) is 17.1 Å². The fourth-order valence-corrected chi connectivity index (χ4v) is 5.45. The minimum Gasteiger partial charge on any atom is -0.493 e. The Morgan fingerprint density at radius 2 is 1.97 bits per heavy atom. The molecule has 0 aliphatic carbocycles. The molecule has 1 aliphatic heterocycles. The number of thiazole rings is 1. The third kappa shape index (κ3) is 4.52. The van der Waals surface area contributed by atoms with Crippen LogP contribution in [0, 0.1) is 6.92 Å². The van der Waals surface area contributed by atoms with E-state index in [0.717, 1.165) is 5.69 Å². The third-order valence-electron chi connectivity index (χ3n) is 5.94. The molecular weight excluding hydrogens is 487 g/mol. The first-order chi connectivity index (χ1) is 17.0. The molecule has 4 aromatic heterocycles. The fraction of sp³-hybridized carbons (Fsp3) is 0.458. The Balaban J connectivity index is 1.44.